The summed E-state index contributed by atoms with van der Waals surface area (Å²) in [5.74, 6) is 0. The molecule has 0 aliphatic carbocycles. The number of hydrogen-bond acceptors (Lipinski definition) is 1. The molecule has 1 atom stereocenters. The Balaban J connectivity index is 1.93. The van der Waals surface area contributed by atoms with Gasteiger partial charge in [0.15, 0.2) is 0 Å². The molecule has 3 aromatic rings. The predicted octanol–water partition coefficient (Wildman–Crippen LogP) is 5.78. The minimum absolute atomic E-state index is 0.262. The average Bonchev–Trinajstić information content (AvgIpc) is 2.47. The highest BCUT2D eigenvalue weighted by molar-refractivity contribution is 9.10. The lowest BCUT2D eigenvalue weighted by molar-refractivity contribution is 0.886. The zero-order valence-electron chi connectivity index (χ0n) is 11.3. The van der Waals surface area contributed by atoms with Gasteiger partial charge in [-0.3, -0.25) is 0 Å². The predicted molar refractivity (Wildman–Crippen MR) is 90.1 cm³/mol. The van der Waals surface area contributed by atoms with Gasteiger partial charge in [0.25, 0.3) is 0 Å². The summed E-state index contributed by atoms with van der Waals surface area (Å²) in [6.07, 6.45) is 0. The maximum atomic E-state index is 3.61. The molecule has 0 bridgehead atoms. The molecule has 0 spiro atoms. The van der Waals surface area contributed by atoms with Crippen LogP contribution in [-0.4, -0.2) is 0 Å². The lowest BCUT2D eigenvalue weighted by atomic mass is 10.1. The van der Waals surface area contributed by atoms with E-state index in [1.807, 2.05) is 6.07 Å². The summed E-state index contributed by atoms with van der Waals surface area (Å²) < 4.78 is 1.11. The first-order valence-electron chi connectivity index (χ1n) is 6.74. The van der Waals surface area contributed by atoms with Crippen molar-refractivity contribution in [3.8, 4) is 0 Å². The molecular weight excluding hydrogens is 310 g/mol. The Morgan fingerprint density at radius 2 is 1.65 bits per heavy atom. The van der Waals surface area contributed by atoms with Gasteiger partial charge in [-0.2, -0.15) is 0 Å². The molecule has 2 heteroatoms. The van der Waals surface area contributed by atoms with Gasteiger partial charge in [-0.15, -0.1) is 0 Å². The molecule has 3 rings (SSSR count). The highest BCUT2D eigenvalue weighted by atomic mass is 79.9. The smallest absolute Gasteiger partial charge is 0.0486 e. The van der Waals surface area contributed by atoms with Gasteiger partial charge in [0, 0.05) is 21.6 Å². The van der Waals surface area contributed by atoms with Crippen molar-refractivity contribution in [2.75, 3.05) is 5.32 Å². The topological polar surface area (TPSA) is 12.0 Å². The van der Waals surface area contributed by atoms with Crippen molar-refractivity contribution in [2.45, 2.75) is 13.0 Å². The number of hydrogen-bond donors (Lipinski definition) is 1. The molecule has 0 heterocycles. The molecule has 0 radical (unpaired) electrons. The van der Waals surface area contributed by atoms with Crippen LogP contribution >= 0.6 is 15.9 Å². The van der Waals surface area contributed by atoms with E-state index >= 15 is 0 Å². The lowest BCUT2D eigenvalue weighted by Crippen LogP contribution is -2.06. The fraction of sp³-hybridized carbons (Fsp3) is 0.111. The number of anilines is 1. The number of fused-ring (bicyclic) bond motifs is 1. The van der Waals surface area contributed by atoms with Gasteiger partial charge in [-0.25, -0.2) is 0 Å². The molecule has 0 aromatic heterocycles. The van der Waals surface area contributed by atoms with Crippen LogP contribution in [0.3, 0.4) is 0 Å². The summed E-state index contributed by atoms with van der Waals surface area (Å²) in [4.78, 5) is 0. The Labute approximate surface area is 127 Å². The fourth-order valence-electron chi connectivity index (χ4n) is 2.44. The molecule has 1 unspecified atom stereocenters. The third-order valence-electron chi connectivity index (χ3n) is 3.51. The molecule has 0 aliphatic rings. The Morgan fingerprint density at radius 3 is 2.50 bits per heavy atom. The number of rotatable bonds is 3. The van der Waals surface area contributed by atoms with E-state index in [-0.39, 0.29) is 6.04 Å². The van der Waals surface area contributed by atoms with E-state index in [0.717, 1.165) is 4.47 Å². The summed E-state index contributed by atoms with van der Waals surface area (Å²) in [5.41, 5.74) is 2.45. The van der Waals surface area contributed by atoms with E-state index in [4.69, 9.17) is 0 Å². The number of nitrogens with one attached hydrogen (secondary N) is 1. The van der Waals surface area contributed by atoms with Crippen LogP contribution in [0.1, 0.15) is 18.5 Å². The van der Waals surface area contributed by atoms with E-state index in [2.05, 4.69) is 88.8 Å². The molecule has 0 aliphatic heterocycles. The fourth-order valence-corrected chi connectivity index (χ4v) is 2.86. The highest BCUT2D eigenvalue weighted by Crippen LogP contribution is 2.27. The molecule has 0 saturated heterocycles. The van der Waals surface area contributed by atoms with Gasteiger partial charge in [-0.1, -0.05) is 64.5 Å². The summed E-state index contributed by atoms with van der Waals surface area (Å²) >= 11 is 3.53. The second kappa shape index (κ2) is 5.68. The van der Waals surface area contributed by atoms with Crippen molar-refractivity contribution >= 4 is 32.4 Å². The third kappa shape index (κ3) is 2.70. The summed E-state index contributed by atoms with van der Waals surface area (Å²) in [7, 11) is 0. The zero-order chi connectivity index (χ0) is 13.9. The molecule has 20 heavy (non-hydrogen) atoms. The minimum atomic E-state index is 0.262. The average molecular weight is 326 g/mol. The van der Waals surface area contributed by atoms with Crippen molar-refractivity contribution in [2.24, 2.45) is 0 Å². The number of benzene rings is 3. The van der Waals surface area contributed by atoms with Gasteiger partial charge >= 0.3 is 0 Å². The van der Waals surface area contributed by atoms with Crippen LogP contribution in [0.4, 0.5) is 5.69 Å². The van der Waals surface area contributed by atoms with Crippen LogP contribution in [0, 0.1) is 0 Å². The van der Waals surface area contributed by atoms with Crippen LogP contribution in [0.2, 0.25) is 0 Å². The first kappa shape index (κ1) is 13.2. The van der Waals surface area contributed by atoms with Crippen LogP contribution in [-0.2, 0) is 0 Å². The Kier molecular flexibility index (Phi) is 3.75. The van der Waals surface area contributed by atoms with Crippen LogP contribution in [0.25, 0.3) is 10.8 Å². The molecule has 0 amide bonds. The monoisotopic (exact) mass is 325 g/mol. The van der Waals surface area contributed by atoms with E-state index in [9.17, 15) is 0 Å². The standard InChI is InChI=1S/C18H16BrN/c1-13(15-8-4-9-16(19)12-15)20-18-11-5-7-14-6-2-3-10-17(14)18/h2-13,20H,1H3. The van der Waals surface area contributed by atoms with E-state index in [0.29, 0.717) is 0 Å². The summed E-state index contributed by atoms with van der Waals surface area (Å²) in [5, 5.41) is 6.13. The highest BCUT2D eigenvalue weighted by Gasteiger charge is 2.07. The van der Waals surface area contributed by atoms with Crippen molar-refractivity contribution in [3.05, 3.63) is 76.8 Å². The summed E-state index contributed by atoms with van der Waals surface area (Å²) in [6.45, 7) is 2.18. The lowest BCUT2D eigenvalue weighted by Gasteiger charge is -2.17. The zero-order valence-corrected chi connectivity index (χ0v) is 12.9. The second-order valence-corrected chi connectivity index (χ2v) is 5.86. The van der Waals surface area contributed by atoms with Gasteiger partial charge in [0.05, 0.1) is 0 Å². The van der Waals surface area contributed by atoms with Gasteiger partial charge in [0.1, 0.15) is 0 Å². The normalized spacial score (nSPS) is 12.3. The molecule has 1 N–H and O–H groups in total. The SMILES string of the molecule is CC(Nc1cccc2ccccc12)c1cccc(Br)c1. The van der Waals surface area contributed by atoms with Gasteiger partial charge < -0.3 is 5.32 Å². The van der Waals surface area contributed by atoms with Crippen molar-refractivity contribution < 1.29 is 0 Å². The van der Waals surface area contributed by atoms with E-state index in [1.54, 1.807) is 0 Å². The quantitative estimate of drug-likeness (QED) is 0.644. The van der Waals surface area contributed by atoms with Gasteiger partial charge in [-0.05, 0) is 36.1 Å². The molecule has 3 aromatic carbocycles. The Morgan fingerprint density at radius 1 is 0.900 bits per heavy atom. The Bertz CT molecular complexity index is 731. The van der Waals surface area contributed by atoms with E-state index in [1.165, 1.54) is 22.0 Å². The Hall–Kier alpha value is -1.80. The van der Waals surface area contributed by atoms with Crippen LogP contribution in [0.5, 0.6) is 0 Å². The minimum Gasteiger partial charge on any atom is -0.378 e. The van der Waals surface area contributed by atoms with Crippen LogP contribution in [0.15, 0.2) is 71.2 Å². The van der Waals surface area contributed by atoms with Crippen molar-refractivity contribution in [1.82, 2.24) is 0 Å². The molecular formula is C18H16BrN. The maximum absolute atomic E-state index is 3.61. The molecule has 1 nitrogen and oxygen atoms in total. The van der Waals surface area contributed by atoms with E-state index < -0.39 is 0 Å². The first-order chi connectivity index (χ1) is 9.74. The maximum Gasteiger partial charge on any atom is 0.0486 e. The number of halogens is 1. The van der Waals surface area contributed by atoms with Crippen LogP contribution < -0.4 is 5.32 Å². The van der Waals surface area contributed by atoms with Crippen molar-refractivity contribution in [1.29, 1.82) is 0 Å². The molecule has 0 fully saturated rings. The third-order valence-corrected chi connectivity index (χ3v) is 4.00. The molecule has 100 valence electrons. The summed E-state index contributed by atoms with van der Waals surface area (Å²) in [6, 6.07) is 23.5. The molecule has 0 saturated carbocycles. The van der Waals surface area contributed by atoms with Crippen molar-refractivity contribution in [3.63, 3.8) is 0 Å². The van der Waals surface area contributed by atoms with Gasteiger partial charge in [0.2, 0.25) is 0 Å². The first-order valence-corrected chi connectivity index (χ1v) is 7.53. The largest absolute Gasteiger partial charge is 0.378 e. The second-order valence-electron chi connectivity index (χ2n) is 4.95.